The minimum absolute atomic E-state index is 0.0604. The van der Waals surface area contributed by atoms with Crippen molar-refractivity contribution >= 4 is 23.0 Å². The molecule has 5 rings (SSSR count). The van der Waals surface area contributed by atoms with Gasteiger partial charge in [0.25, 0.3) is 0 Å². The van der Waals surface area contributed by atoms with Crippen LogP contribution in [0.25, 0.3) is 0 Å². The molecule has 6 heteroatoms. The molecule has 1 saturated carbocycles. The van der Waals surface area contributed by atoms with Crippen LogP contribution < -0.4 is 10.2 Å². The Morgan fingerprint density at radius 3 is 2.50 bits per heavy atom. The zero-order chi connectivity index (χ0) is 20.5. The van der Waals surface area contributed by atoms with Crippen LogP contribution in [0.1, 0.15) is 61.6 Å². The van der Waals surface area contributed by atoms with E-state index in [9.17, 15) is 4.39 Å². The Bertz CT molecular complexity index is 1010. The van der Waals surface area contributed by atoms with Crippen LogP contribution in [-0.4, -0.2) is 14.7 Å². The quantitative estimate of drug-likeness (QED) is 0.549. The number of hydrogen-bond acceptors (Lipinski definition) is 2. The first kappa shape index (κ1) is 19.2. The highest BCUT2D eigenvalue weighted by Gasteiger charge is 2.42. The fourth-order valence-corrected chi connectivity index (χ4v) is 5.23. The van der Waals surface area contributed by atoms with Gasteiger partial charge in [0, 0.05) is 29.8 Å². The van der Waals surface area contributed by atoms with Gasteiger partial charge in [-0.05, 0) is 73.6 Å². The largest absolute Gasteiger partial charge is 0.351 e. The van der Waals surface area contributed by atoms with E-state index in [1.54, 1.807) is 12.1 Å². The van der Waals surface area contributed by atoms with E-state index in [-0.39, 0.29) is 17.9 Å². The maximum Gasteiger partial charge on any atom is 0.174 e. The topological polar surface area (TPSA) is 33.1 Å². The average molecular weight is 421 g/mol. The number of hydrogen-bond donors (Lipinski definition) is 1. The van der Waals surface area contributed by atoms with Crippen LogP contribution in [0.2, 0.25) is 0 Å². The molecule has 1 N–H and O–H groups in total. The number of rotatable bonds is 4. The van der Waals surface area contributed by atoms with Crippen LogP contribution in [0.4, 0.5) is 10.1 Å². The summed E-state index contributed by atoms with van der Waals surface area (Å²) < 4.78 is 16.0. The SMILES string of the molecule is Fc1ccc(N2C(=S)N[C@@H](c3ccccn3)[C@H]2c2cccn2C2CCCCC2)cc1. The Labute approximate surface area is 181 Å². The van der Waals surface area contributed by atoms with Gasteiger partial charge in [0.15, 0.2) is 5.11 Å². The lowest BCUT2D eigenvalue weighted by Gasteiger charge is -2.32. The first-order chi connectivity index (χ1) is 14.7. The molecule has 1 aliphatic carbocycles. The molecule has 0 unspecified atom stereocenters. The van der Waals surface area contributed by atoms with Gasteiger partial charge in [-0.15, -0.1) is 0 Å². The van der Waals surface area contributed by atoms with Gasteiger partial charge in [-0.25, -0.2) is 4.39 Å². The second kappa shape index (κ2) is 8.19. The maximum atomic E-state index is 13.6. The maximum absolute atomic E-state index is 13.6. The monoisotopic (exact) mass is 420 g/mol. The summed E-state index contributed by atoms with van der Waals surface area (Å²) in [4.78, 5) is 6.74. The summed E-state index contributed by atoms with van der Waals surface area (Å²) in [7, 11) is 0. The molecule has 1 aromatic carbocycles. The molecule has 1 aliphatic heterocycles. The normalized spacial score (nSPS) is 22.3. The average Bonchev–Trinajstić information content (AvgIpc) is 3.40. The van der Waals surface area contributed by atoms with Crippen molar-refractivity contribution in [2.75, 3.05) is 4.90 Å². The van der Waals surface area contributed by atoms with Crippen LogP contribution in [-0.2, 0) is 0 Å². The minimum Gasteiger partial charge on any atom is -0.351 e. The summed E-state index contributed by atoms with van der Waals surface area (Å²) in [6.07, 6.45) is 10.3. The van der Waals surface area contributed by atoms with E-state index in [4.69, 9.17) is 12.2 Å². The summed E-state index contributed by atoms with van der Waals surface area (Å²) in [6, 6.07) is 17.2. The molecule has 3 aromatic rings. The summed E-state index contributed by atoms with van der Waals surface area (Å²) in [5.74, 6) is -0.250. The number of pyridine rings is 1. The van der Waals surface area contributed by atoms with Crippen molar-refractivity contribution in [1.82, 2.24) is 14.9 Å². The molecule has 0 radical (unpaired) electrons. The van der Waals surface area contributed by atoms with E-state index in [1.165, 1.54) is 49.9 Å². The van der Waals surface area contributed by atoms with E-state index in [1.807, 2.05) is 24.4 Å². The Morgan fingerprint density at radius 1 is 0.967 bits per heavy atom. The first-order valence-corrected chi connectivity index (χ1v) is 11.1. The Kier molecular flexibility index (Phi) is 5.25. The van der Waals surface area contributed by atoms with E-state index >= 15 is 0 Å². The molecule has 2 aliphatic rings. The molecule has 2 aromatic heterocycles. The lowest BCUT2D eigenvalue weighted by atomic mass is 9.94. The number of halogens is 1. The summed E-state index contributed by atoms with van der Waals surface area (Å²) in [5, 5.41) is 4.13. The minimum atomic E-state index is -0.250. The van der Waals surface area contributed by atoms with Gasteiger partial charge in [0.2, 0.25) is 0 Å². The number of benzene rings is 1. The molecule has 30 heavy (non-hydrogen) atoms. The molecular formula is C24H25FN4S. The molecule has 2 atom stereocenters. The van der Waals surface area contributed by atoms with Gasteiger partial charge in [0.05, 0.1) is 11.7 Å². The highest BCUT2D eigenvalue weighted by molar-refractivity contribution is 7.80. The van der Waals surface area contributed by atoms with Crippen LogP contribution in [0.15, 0.2) is 67.0 Å². The predicted molar refractivity (Wildman–Crippen MR) is 121 cm³/mol. The van der Waals surface area contributed by atoms with Crippen molar-refractivity contribution in [2.45, 2.75) is 50.2 Å². The zero-order valence-corrected chi connectivity index (χ0v) is 17.6. The fraction of sp³-hybridized carbons (Fsp3) is 0.333. The van der Waals surface area contributed by atoms with Gasteiger partial charge in [-0.2, -0.15) is 0 Å². The molecule has 0 spiro atoms. The van der Waals surface area contributed by atoms with Crippen LogP contribution in [0.3, 0.4) is 0 Å². The Morgan fingerprint density at radius 2 is 1.77 bits per heavy atom. The third kappa shape index (κ3) is 3.49. The van der Waals surface area contributed by atoms with Crippen molar-refractivity contribution < 1.29 is 4.39 Å². The molecule has 0 bridgehead atoms. The standard InChI is InChI=1S/C24H25FN4S/c25-17-11-13-19(14-12-17)29-23(22(27-24(29)30)20-9-4-5-15-26-20)21-10-6-16-28(21)18-7-2-1-3-8-18/h4-6,9-16,18,22-23H,1-3,7-8H2,(H,27,30)/t22-,23+/m0/s1. The Hall–Kier alpha value is -2.73. The highest BCUT2D eigenvalue weighted by Crippen LogP contribution is 2.43. The van der Waals surface area contributed by atoms with Crippen molar-refractivity contribution in [1.29, 1.82) is 0 Å². The van der Waals surface area contributed by atoms with E-state index in [2.05, 4.69) is 38.1 Å². The number of aromatic nitrogens is 2. The second-order valence-corrected chi connectivity index (χ2v) is 8.49. The van der Waals surface area contributed by atoms with Crippen molar-refractivity contribution in [2.24, 2.45) is 0 Å². The lowest BCUT2D eigenvalue weighted by molar-refractivity contribution is 0.340. The highest BCUT2D eigenvalue weighted by atomic mass is 32.1. The smallest absolute Gasteiger partial charge is 0.174 e. The summed E-state index contributed by atoms with van der Waals surface area (Å²) in [5.41, 5.74) is 3.05. The molecule has 0 amide bonds. The fourth-order valence-electron chi connectivity index (χ4n) is 4.88. The van der Waals surface area contributed by atoms with Gasteiger partial charge in [-0.3, -0.25) is 4.98 Å². The van der Waals surface area contributed by atoms with Gasteiger partial charge >= 0.3 is 0 Å². The molecule has 154 valence electrons. The number of nitrogens with zero attached hydrogens (tertiary/aromatic N) is 3. The van der Waals surface area contributed by atoms with E-state index in [0.29, 0.717) is 11.2 Å². The van der Waals surface area contributed by atoms with Crippen LogP contribution in [0.5, 0.6) is 0 Å². The Balaban J connectivity index is 1.61. The van der Waals surface area contributed by atoms with Crippen LogP contribution >= 0.6 is 12.2 Å². The second-order valence-electron chi connectivity index (χ2n) is 8.11. The number of anilines is 1. The van der Waals surface area contributed by atoms with Crippen molar-refractivity contribution in [3.63, 3.8) is 0 Å². The summed E-state index contributed by atoms with van der Waals surface area (Å²) >= 11 is 5.77. The molecular weight excluding hydrogens is 395 g/mol. The van der Waals surface area contributed by atoms with Gasteiger partial charge in [0.1, 0.15) is 11.9 Å². The van der Waals surface area contributed by atoms with E-state index < -0.39 is 0 Å². The zero-order valence-electron chi connectivity index (χ0n) is 16.7. The van der Waals surface area contributed by atoms with Gasteiger partial charge in [-0.1, -0.05) is 25.3 Å². The summed E-state index contributed by atoms with van der Waals surface area (Å²) in [6.45, 7) is 0. The third-order valence-electron chi connectivity index (χ3n) is 6.29. The molecule has 4 nitrogen and oxygen atoms in total. The molecule has 2 fully saturated rings. The number of thiocarbonyl (C=S) groups is 1. The van der Waals surface area contributed by atoms with Crippen LogP contribution in [0, 0.1) is 5.82 Å². The van der Waals surface area contributed by atoms with E-state index in [0.717, 1.165) is 11.4 Å². The molecule has 1 saturated heterocycles. The number of nitrogens with one attached hydrogen (secondary N) is 1. The van der Waals surface area contributed by atoms with Gasteiger partial charge < -0.3 is 14.8 Å². The molecule has 3 heterocycles. The van der Waals surface area contributed by atoms with Crippen molar-refractivity contribution in [3.8, 4) is 0 Å². The van der Waals surface area contributed by atoms with Crippen molar-refractivity contribution in [3.05, 3.63) is 84.2 Å². The lowest BCUT2D eigenvalue weighted by Crippen LogP contribution is -2.31. The third-order valence-corrected chi connectivity index (χ3v) is 6.60. The predicted octanol–water partition coefficient (Wildman–Crippen LogP) is 5.70. The first-order valence-electron chi connectivity index (χ1n) is 10.7.